The quantitative estimate of drug-likeness (QED) is 0.254. The number of unbranched alkanes of at least 4 members (excludes halogenated alkanes) is 17. The fourth-order valence-corrected chi connectivity index (χ4v) is 3.00. The summed E-state index contributed by atoms with van der Waals surface area (Å²) in [6, 6.07) is 0. The van der Waals surface area contributed by atoms with Crippen LogP contribution < -0.4 is 6.15 Å². The zero-order valence-electron chi connectivity index (χ0n) is 15.5. The van der Waals surface area contributed by atoms with E-state index < -0.39 is 0 Å². The topological polar surface area (TPSA) is 35.0 Å². The Labute approximate surface area is 140 Å². The lowest BCUT2D eigenvalue weighted by molar-refractivity contribution is 0.448. The summed E-state index contributed by atoms with van der Waals surface area (Å²) >= 11 is 0. The maximum Gasteiger partial charge on any atom is 0.0894 e. The highest BCUT2D eigenvalue weighted by molar-refractivity contribution is 4.50. The van der Waals surface area contributed by atoms with Gasteiger partial charge in [-0.1, -0.05) is 116 Å². The van der Waals surface area contributed by atoms with Gasteiger partial charge in [0.25, 0.3) is 0 Å². The van der Waals surface area contributed by atoms with E-state index in [1.807, 2.05) is 0 Å². The van der Waals surface area contributed by atoms with Gasteiger partial charge in [0.1, 0.15) is 0 Å². The van der Waals surface area contributed by atoms with Crippen molar-refractivity contribution in [3.8, 4) is 0 Å². The maximum atomic E-state index is 11.9. The molecule has 0 unspecified atom stereocenters. The molecule has 0 spiro atoms. The predicted molar refractivity (Wildman–Crippen MR) is 99.8 cm³/mol. The number of alkyl halides is 1. The first-order valence-corrected chi connectivity index (χ1v) is 9.97. The molecule has 0 aliphatic rings. The first-order valence-electron chi connectivity index (χ1n) is 9.97. The van der Waals surface area contributed by atoms with Gasteiger partial charge in [-0.25, -0.2) is 0 Å². The van der Waals surface area contributed by atoms with Crippen molar-refractivity contribution < 1.29 is 4.39 Å². The van der Waals surface area contributed by atoms with E-state index in [0.29, 0.717) is 0 Å². The molecule has 0 heterocycles. The lowest BCUT2D eigenvalue weighted by Crippen LogP contribution is -1.84. The van der Waals surface area contributed by atoms with Crippen LogP contribution in [-0.2, 0) is 0 Å². The molecule has 0 aromatic rings. The minimum absolute atomic E-state index is 0. The largest absolute Gasteiger partial charge is 0.344 e. The van der Waals surface area contributed by atoms with E-state index in [4.69, 9.17) is 0 Å². The van der Waals surface area contributed by atoms with E-state index >= 15 is 0 Å². The Morgan fingerprint density at radius 3 is 0.864 bits per heavy atom. The van der Waals surface area contributed by atoms with Gasteiger partial charge in [0.05, 0.1) is 6.67 Å². The van der Waals surface area contributed by atoms with Crippen LogP contribution in [0.4, 0.5) is 4.39 Å². The zero-order chi connectivity index (χ0) is 15.4. The summed E-state index contributed by atoms with van der Waals surface area (Å²) in [4.78, 5) is 0. The SMILES string of the molecule is CCCCCCCCCCCCCCCCCCCCF.N. The molecule has 0 radical (unpaired) electrons. The maximum absolute atomic E-state index is 11.9. The average molecular weight is 318 g/mol. The number of halogens is 1. The van der Waals surface area contributed by atoms with Crippen LogP contribution in [0.15, 0.2) is 0 Å². The van der Waals surface area contributed by atoms with Crippen LogP contribution in [0.5, 0.6) is 0 Å². The number of rotatable bonds is 18. The van der Waals surface area contributed by atoms with Crippen molar-refractivity contribution in [1.29, 1.82) is 0 Å². The van der Waals surface area contributed by atoms with Crippen molar-refractivity contribution >= 4 is 0 Å². The second-order valence-corrected chi connectivity index (χ2v) is 6.70. The molecule has 0 fully saturated rings. The zero-order valence-corrected chi connectivity index (χ0v) is 15.5. The molecule has 0 aromatic carbocycles. The molecule has 3 N–H and O–H groups in total. The minimum Gasteiger partial charge on any atom is -0.344 e. The van der Waals surface area contributed by atoms with Gasteiger partial charge in [0.2, 0.25) is 0 Å². The normalized spacial score (nSPS) is 10.6. The lowest BCUT2D eigenvalue weighted by atomic mass is 10.0. The molecule has 0 saturated heterocycles. The highest BCUT2D eigenvalue weighted by Gasteiger charge is 1.94. The third kappa shape index (κ3) is 22.2. The summed E-state index contributed by atoms with van der Waals surface area (Å²) in [5.41, 5.74) is 0. The molecule has 1 nitrogen and oxygen atoms in total. The van der Waals surface area contributed by atoms with Gasteiger partial charge in [-0.2, -0.15) is 0 Å². The van der Waals surface area contributed by atoms with Crippen LogP contribution in [0, 0.1) is 0 Å². The minimum atomic E-state index is -0.126. The van der Waals surface area contributed by atoms with Crippen molar-refractivity contribution in [3.05, 3.63) is 0 Å². The molecule has 0 atom stereocenters. The van der Waals surface area contributed by atoms with Crippen LogP contribution in [-0.4, -0.2) is 6.67 Å². The Morgan fingerprint density at radius 2 is 0.636 bits per heavy atom. The van der Waals surface area contributed by atoms with Gasteiger partial charge in [0.15, 0.2) is 0 Å². The summed E-state index contributed by atoms with van der Waals surface area (Å²) in [6.45, 7) is 2.16. The summed E-state index contributed by atoms with van der Waals surface area (Å²) in [5, 5.41) is 0. The Balaban J connectivity index is 0. The summed E-state index contributed by atoms with van der Waals surface area (Å²) in [6.07, 6.45) is 24.5. The van der Waals surface area contributed by atoms with Crippen molar-refractivity contribution in [2.75, 3.05) is 6.67 Å². The third-order valence-electron chi connectivity index (χ3n) is 4.49. The second kappa shape index (κ2) is 23.2. The summed E-state index contributed by atoms with van der Waals surface area (Å²) in [7, 11) is 0. The standard InChI is InChI=1S/C20H41F.H3N/c1-2-3-4-5-6-7-8-9-10-11-12-13-14-15-16-17-18-19-20-21;/h2-20H2,1H3;1H3. The molecular formula is C20H44FN. The van der Waals surface area contributed by atoms with E-state index in [1.54, 1.807) is 0 Å². The summed E-state index contributed by atoms with van der Waals surface area (Å²) < 4.78 is 11.9. The Hall–Kier alpha value is -0.110. The molecule has 22 heavy (non-hydrogen) atoms. The van der Waals surface area contributed by atoms with Gasteiger partial charge in [0, 0.05) is 0 Å². The van der Waals surface area contributed by atoms with Crippen LogP contribution in [0.2, 0.25) is 0 Å². The van der Waals surface area contributed by atoms with Crippen molar-refractivity contribution in [1.82, 2.24) is 6.15 Å². The van der Waals surface area contributed by atoms with E-state index in [9.17, 15) is 4.39 Å². The average Bonchev–Trinajstić information content (AvgIpc) is 2.50. The third-order valence-corrected chi connectivity index (χ3v) is 4.49. The second-order valence-electron chi connectivity index (χ2n) is 6.70. The Morgan fingerprint density at radius 1 is 0.409 bits per heavy atom. The van der Waals surface area contributed by atoms with E-state index in [-0.39, 0.29) is 12.8 Å². The molecule has 2 heteroatoms. The monoisotopic (exact) mass is 317 g/mol. The van der Waals surface area contributed by atoms with Crippen LogP contribution >= 0.6 is 0 Å². The van der Waals surface area contributed by atoms with Gasteiger partial charge in [-0.15, -0.1) is 0 Å². The predicted octanol–water partition coefficient (Wildman–Crippen LogP) is 8.16. The molecule has 136 valence electrons. The number of hydrogen-bond donors (Lipinski definition) is 1. The van der Waals surface area contributed by atoms with E-state index in [1.165, 1.54) is 103 Å². The molecule has 0 aliphatic carbocycles. The lowest BCUT2D eigenvalue weighted by Gasteiger charge is -2.03. The molecule has 0 amide bonds. The molecule has 0 rings (SSSR count). The molecular weight excluding hydrogens is 273 g/mol. The van der Waals surface area contributed by atoms with Crippen LogP contribution in [0.1, 0.15) is 122 Å². The smallest absolute Gasteiger partial charge is 0.0894 e. The highest BCUT2D eigenvalue weighted by atomic mass is 19.1. The number of hydrogen-bond acceptors (Lipinski definition) is 1. The Kier molecular flexibility index (Phi) is 25.4. The fraction of sp³-hybridized carbons (Fsp3) is 1.00. The van der Waals surface area contributed by atoms with Crippen molar-refractivity contribution in [2.24, 2.45) is 0 Å². The first-order chi connectivity index (χ1) is 10.4. The summed E-state index contributed by atoms with van der Waals surface area (Å²) in [5.74, 6) is 0. The van der Waals surface area contributed by atoms with Crippen molar-refractivity contribution in [3.63, 3.8) is 0 Å². The molecule has 0 aliphatic heterocycles. The molecule has 0 aromatic heterocycles. The van der Waals surface area contributed by atoms with E-state index in [2.05, 4.69) is 6.92 Å². The van der Waals surface area contributed by atoms with Gasteiger partial charge in [-0.3, -0.25) is 4.39 Å². The van der Waals surface area contributed by atoms with Crippen LogP contribution in [0.3, 0.4) is 0 Å². The molecule has 0 saturated carbocycles. The van der Waals surface area contributed by atoms with Gasteiger partial charge in [-0.05, 0) is 6.42 Å². The van der Waals surface area contributed by atoms with Gasteiger partial charge < -0.3 is 6.15 Å². The van der Waals surface area contributed by atoms with Gasteiger partial charge >= 0.3 is 0 Å². The van der Waals surface area contributed by atoms with Crippen molar-refractivity contribution in [2.45, 2.75) is 122 Å². The Bertz CT molecular complexity index is 155. The first kappa shape index (κ1) is 24.1. The fourth-order valence-electron chi connectivity index (χ4n) is 3.00. The van der Waals surface area contributed by atoms with E-state index in [0.717, 1.165) is 12.8 Å². The molecule has 0 bridgehead atoms. The highest BCUT2D eigenvalue weighted by Crippen LogP contribution is 2.14. The van der Waals surface area contributed by atoms with Crippen LogP contribution in [0.25, 0.3) is 0 Å².